The van der Waals surface area contributed by atoms with Crippen LogP contribution in [0.1, 0.15) is 18.1 Å². The molecular formula is C12H17FN4O2. The van der Waals surface area contributed by atoms with Crippen molar-refractivity contribution >= 4 is 11.9 Å². The minimum absolute atomic E-state index is 0.0749. The maximum absolute atomic E-state index is 13.7. The van der Waals surface area contributed by atoms with Crippen molar-refractivity contribution in [3.63, 3.8) is 0 Å². The summed E-state index contributed by atoms with van der Waals surface area (Å²) >= 11 is 0. The van der Waals surface area contributed by atoms with E-state index in [-0.39, 0.29) is 24.0 Å². The zero-order chi connectivity index (χ0) is 14.4. The molecule has 0 aliphatic rings. The van der Waals surface area contributed by atoms with Crippen LogP contribution >= 0.6 is 0 Å². The van der Waals surface area contributed by atoms with Crippen LogP contribution in [0.3, 0.4) is 0 Å². The van der Waals surface area contributed by atoms with Gasteiger partial charge in [0, 0.05) is 31.3 Å². The third-order valence-electron chi connectivity index (χ3n) is 2.71. The number of rotatable bonds is 4. The second-order valence-electron chi connectivity index (χ2n) is 3.96. The zero-order valence-electron chi connectivity index (χ0n) is 10.9. The van der Waals surface area contributed by atoms with Crippen molar-refractivity contribution in [3.05, 3.63) is 35.1 Å². The molecule has 0 atom stereocenters. The molecule has 0 heterocycles. The molecule has 1 rings (SSSR count). The Hall–Kier alpha value is -2.31. The number of hydrogen-bond acceptors (Lipinski definition) is 3. The fourth-order valence-electron chi connectivity index (χ4n) is 1.36. The van der Waals surface area contributed by atoms with E-state index in [0.29, 0.717) is 12.1 Å². The highest BCUT2D eigenvalue weighted by Gasteiger charge is 2.09. The van der Waals surface area contributed by atoms with E-state index in [2.05, 4.69) is 10.5 Å². The van der Waals surface area contributed by atoms with Crippen LogP contribution in [0.25, 0.3) is 0 Å². The number of urea groups is 1. The number of amidine groups is 1. The Bertz CT molecular complexity index is 491. The molecule has 2 amide bonds. The molecule has 0 unspecified atom stereocenters. The summed E-state index contributed by atoms with van der Waals surface area (Å²) in [7, 11) is 1.65. The summed E-state index contributed by atoms with van der Waals surface area (Å²) in [5, 5.41) is 13.9. The lowest BCUT2D eigenvalue weighted by atomic mass is 10.1. The third-order valence-corrected chi connectivity index (χ3v) is 2.71. The van der Waals surface area contributed by atoms with Crippen LogP contribution in [0, 0.1) is 5.82 Å². The Kier molecular flexibility index (Phi) is 5.11. The normalized spacial score (nSPS) is 11.2. The topological polar surface area (TPSA) is 91.0 Å². The van der Waals surface area contributed by atoms with Crippen LogP contribution in [0.2, 0.25) is 0 Å². The van der Waals surface area contributed by atoms with E-state index in [0.717, 1.165) is 6.07 Å². The van der Waals surface area contributed by atoms with Gasteiger partial charge in [0.05, 0.1) is 0 Å². The molecule has 0 radical (unpaired) electrons. The molecule has 0 aliphatic carbocycles. The largest absolute Gasteiger partial charge is 0.409 e. The molecule has 0 saturated heterocycles. The quantitative estimate of drug-likeness (QED) is 0.330. The van der Waals surface area contributed by atoms with Crippen LogP contribution in [0.15, 0.2) is 23.4 Å². The van der Waals surface area contributed by atoms with Crippen molar-refractivity contribution in [2.45, 2.75) is 13.5 Å². The Morgan fingerprint density at radius 3 is 2.79 bits per heavy atom. The summed E-state index contributed by atoms with van der Waals surface area (Å²) in [4.78, 5) is 13.0. The summed E-state index contributed by atoms with van der Waals surface area (Å²) in [5.41, 5.74) is 5.95. The molecule has 0 saturated carbocycles. The zero-order valence-corrected chi connectivity index (χ0v) is 10.9. The van der Waals surface area contributed by atoms with Crippen molar-refractivity contribution in [3.8, 4) is 0 Å². The Morgan fingerprint density at radius 2 is 2.26 bits per heavy atom. The molecule has 0 spiro atoms. The molecule has 1 aromatic carbocycles. The van der Waals surface area contributed by atoms with Gasteiger partial charge >= 0.3 is 6.03 Å². The van der Waals surface area contributed by atoms with Gasteiger partial charge in [-0.1, -0.05) is 17.3 Å². The summed E-state index contributed by atoms with van der Waals surface area (Å²) in [6, 6.07) is 3.88. The van der Waals surface area contributed by atoms with Crippen molar-refractivity contribution in [1.82, 2.24) is 10.2 Å². The molecule has 0 aromatic heterocycles. The van der Waals surface area contributed by atoms with E-state index in [1.54, 1.807) is 7.05 Å². The highest BCUT2D eigenvalue weighted by molar-refractivity contribution is 5.97. The van der Waals surface area contributed by atoms with Gasteiger partial charge in [-0.2, -0.15) is 0 Å². The average Bonchev–Trinajstić information content (AvgIpc) is 2.43. The molecule has 7 heteroatoms. The van der Waals surface area contributed by atoms with Crippen LogP contribution in [-0.4, -0.2) is 35.6 Å². The van der Waals surface area contributed by atoms with Gasteiger partial charge in [0.25, 0.3) is 0 Å². The van der Waals surface area contributed by atoms with Crippen molar-refractivity contribution in [2.75, 3.05) is 13.6 Å². The number of halogens is 1. The van der Waals surface area contributed by atoms with E-state index in [1.807, 2.05) is 6.92 Å². The van der Waals surface area contributed by atoms with Gasteiger partial charge in [0.1, 0.15) is 5.82 Å². The van der Waals surface area contributed by atoms with Gasteiger partial charge in [-0.25, -0.2) is 9.18 Å². The van der Waals surface area contributed by atoms with Crippen molar-refractivity contribution < 1.29 is 14.4 Å². The Morgan fingerprint density at radius 1 is 1.58 bits per heavy atom. The smallest absolute Gasteiger partial charge is 0.317 e. The van der Waals surface area contributed by atoms with Gasteiger partial charge in [-0.3, -0.25) is 0 Å². The van der Waals surface area contributed by atoms with Gasteiger partial charge in [-0.15, -0.1) is 0 Å². The highest BCUT2D eigenvalue weighted by atomic mass is 19.1. The molecular weight excluding hydrogens is 251 g/mol. The van der Waals surface area contributed by atoms with Crippen LogP contribution in [0.4, 0.5) is 9.18 Å². The highest BCUT2D eigenvalue weighted by Crippen LogP contribution is 2.10. The first-order valence-corrected chi connectivity index (χ1v) is 5.74. The lowest BCUT2D eigenvalue weighted by molar-refractivity contribution is 0.210. The van der Waals surface area contributed by atoms with E-state index in [9.17, 15) is 9.18 Å². The number of hydrogen-bond donors (Lipinski definition) is 3. The molecule has 0 fully saturated rings. The second-order valence-corrected chi connectivity index (χ2v) is 3.96. The number of nitrogens with zero attached hydrogens (tertiary/aromatic N) is 2. The van der Waals surface area contributed by atoms with Gasteiger partial charge in [0.15, 0.2) is 5.84 Å². The number of benzene rings is 1. The lowest BCUT2D eigenvalue weighted by Gasteiger charge is -2.15. The standard InChI is InChI=1S/C12H17FN4O2/c1-3-17(2)12(18)15-7-9-5-4-8(6-10(9)13)11(14)16-19/h4-6,19H,3,7H2,1-2H3,(H2,14,16)(H,15,18). The minimum atomic E-state index is -0.524. The molecule has 6 nitrogen and oxygen atoms in total. The Balaban J connectivity index is 2.73. The monoisotopic (exact) mass is 268 g/mol. The SMILES string of the molecule is CCN(C)C(=O)NCc1ccc(C(N)=NO)cc1F. The van der Waals surface area contributed by atoms with Gasteiger partial charge < -0.3 is 21.2 Å². The number of oxime groups is 1. The number of carbonyl (C=O) groups is 1. The fraction of sp³-hybridized carbons (Fsp3) is 0.333. The first-order chi connectivity index (χ1) is 8.99. The summed E-state index contributed by atoms with van der Waals surface area (Å²) in [6.07, 6.45) is 0. The maximum atomic E-state index is 13.7. The summed E-state index contributed by atoms with van der Waals surface area (Å²) in [5.74, 6) is -0.691. The van der Waals surface area contributed by atoms with E-state index in [4.69, 9.17) is 10.9 Å². The molecule has 0 bridgehead atoms. The molecule has 1 aromatic rings. The molecule has 19 heavy (non-hydrogen) atoms. The second kappa shape index (κ2) is 6.58. The predicted octanol–water partition coefficient (Wildman–Crippen LogP) is 1.08. The maximum Gasteiger partial charge on any atom is 0.317 e. The van der Waals surface area contributed by atoms with E-state index < -0.39 is 5.82 Å². The predicted molar refractivity (Wildman–Crippen MR) is 69.5 cm³/mol. The molecule has 4 N–H and O–H groups in total. The lowest BCUT2D eigenvalue weighted by Crippen LogP contribution is -2.36. The Labute approximate surface area is 110 Å². The minimum Gasteiger partial charge on any atom is -0.409 e. The first-order valence-electron chi connectivity index (χ1n) is 5.74. The van der Waals surface area contributed by atoms with Crippen molar-refractivity contribution in [1.29, 1.82) is 0 Å². The van der Waals surface area contributed by atoms with Crippen LogP contribution in [-0.2, 0) is 6.54 Å². The van der Waals surface area contributed by atoms with E-state index >= 15 is 0 Å². The number of nitrogens with two attached hydrogens (primary N) is 1. The van der Waals surface area contributed by atoms with Crippen LogP contribution in [0.5, 0.6) is 0 Å². The summed E-state index contributed by atoms with van der Waals surface area (Å²) < 4.78 is 13.7. The van der Waals surface area contributed by atoms with Gasteiger partial charge in [-0.05, 0) is 13.0 Å². The van der Waals surface area contributed by atoms with E-state index in [1.165, 1.54) is 17.0 Å². The van der Waals surface area contributed by atoms with Crippen molar-refractivity contribution in [2.24, 2.45) is 10.9 Å². The average molecular weight is 268 g/mol. The third kappa shape index (κ3) is 3.84. The summed E-state index contributed by atoms with van der Waals surface area (Å²) in [6.45, 7) is 2.48. The molecule has 0 aliphatic heterocycles. The molecule has 104 valence electrons. The van der Waals surface area contributed by atoms with Gasteiger partial charge in [0.2, 0.25) is 0 Å². The van der Waals surface area contributed by atoms with Crippen LogP contribution < -0.4 is 11.1 Å². The fourth-order valence-corrected chi connectivity index (χ4v) is 1.36. The number of amides is 2. The number of nitrogens with one attached hydrogen (secondary N) is 1. The number of carbonyl (C=O) groups excluding carboxylic acids is 1. The first kappa shape index (κ1) is 14.7.